The Bertz CT molecular complexity index is 1270. The van der Waals surface area contributed by atoms with Gasteiger partial charge in [0.1, 0.15) is 23.8 Å². The van der Waals surface area contributed by atoms with Gasteiger partial charge in [-0.2, -0.15) is 0 Å². The summed E-state index contributed by atoms with van der Waals surface area (Å²) < 4.78 is 11.5. The number of methoxy groups -OCH3 is 1. The summed E-state index contributed by atoms with van der Waals surface area (Å²) in [7, 11) is 1.62. The predicted molar refractivity (Wildman–Crippen MR) is 136 cm³/mol. The molecule has 0 unspecified atom stereocenters. The number of benzene rings is 3. The van der Waals surface area contributed by atoms with E-state index in [0.29, 0.717) is 28.2 Å². The largest absolute Gasteiger partial charge is 0.496 e. The van der Waals surface area contributed by atoms with Gasteiger partial charge in [-0.15, -0.1) is 0 Å². The van der Waals surface area contributed by atoms with Crippen LogP contribution in [0.3, 0.4) is 0 Å². The smallest absolute Gasteiger partial charge is 0.281 e. The zero-order valence-electron chi connectivity index (χ0n) is 18.5. The van der Waals surface area contributed by atoms with Crippen molar-refractivity contribution >= 4 is 46.6 Å². The minimum Gasteiger partial charge on any atom is -0.496 e. The molecule has 5 nitrogen and oxygen atoms in total. The molecule has 0 spiro atoms. The van der Waals surface area contributed by atoms with E-state index in [1.807, 2.05) is 68.4 Å². The number of ether oxygens (including phenoxy) is 2. The number of nitrogens with zero attached hydrogens (tertiary/aromatic N) is 1. The minimum atomic E-state index is -0.198. The molecular formula is C26H23ClN2O3S. The van der Waals surface area contributed by atoms with Crippen LogP contribution in [-0.2, 0) is 11.4 Å². The highest BCUT2D eigenvalue weighted by Gasteiger charge is 2.32. The number of thiocarbonyl (C=S) groups is 1. The van der Waals surface area contributed by atoms with Crippen molar-refractivity contribution in [3.05, 3.63) is 93.6 Å². The summed E-state index contributed by atoms with van der Waals surface area (Å²) in [5.41, 5.74) is 4.83. The molecule has 7 heteroatoms. The Labute approximate surface area is 203 Å². The lowest BCUT2D eigenvalue weighted by Gasteiger charge is -2.14. The van der Waals surface area contributed by atoms with Crippen LogP contribution in [0.25, 0.3) is 6.08 Å². The molecule has 1 N–H and O–H groups in total. The Kier molecular flexibility index (Phi) is 6.67. The Balaban J connectivity index is 1.58. The first kappa shape index (κ1) is 22.8. The Morgan fingerprint density at radius 3 is 2.58 bits per heavy atom. The molecular weight excluding hydrogens is 456 g/mol. The molecule has 1 saturated heterocycles. The van der Waals surface area contributed by atoms with E-state index < -0.39 is 0 Å². The summed E-state index contributed by atoms with van der Waals surface area (Å²) in [6.45, 7) is 4.22. The summed E-state index contributed by atoms with van der Waals surface area (Å²) in [6.07, 6.45) is 1.78. The molecule has 1 heterocycles. The van der Waals surface area contributed by atoms with Crippen LogP contribution in [0.5, 0.6) is 11.5 Å². The van der Waals surface area contributed by atoms with Crippen LogP contribution in [0.15, 0.2) is 66.4 Å². The van der Waals surface area contributed by atoms with Crippen molar-refractivity contribution in [2.45, 2.75) is 20.5 Å². The van der Waals surface area contributed by atoms with Gasteiger partial charge in [0.15, 0.2) is 5.11 Å². The summed E-state index contributed by atoms with van der Waals surface area (Å²) in [4.78, 5) is 14.6. The summed E-state index contributed by atoms with van der Waals surface area (Å²) >= 11 is 11.5. The van der Waals surface area contributed by atoms with Crippen molar-refractivity contribution in [3.8, 4) is 11.5 Å². The second-order valence-corrected chi connectivity index (χ2v) is 8.56. The monoisotopic (exact) mass is 478 g/mol. The van der Waals surface area contributed by atoms with Crippen LogP contribution in [-0.4, -0.2) is 18.1 Å². The first-order valence-electron chi connectivity index (χ1n) is 10.4. The van der Waals surface area contributed by atoms with Gasteiger partial charge < -0.3 is 14.8 Å². The molecule has 33 heavy (non-hydrogen) atoms. The molecule has 1 aliphatic heterocycles. The maximum atomic E-state index is 13.1. The topological polar surface area (TPSA) is 50.8 Å². The number of aryl methyl sites for hydroxylation is 2. The van der Waals surface area contributed by atoms with Crippen LogP contribution < -0.4 is 19.7 Å². The van der Waals surface area contributed by atoms with Crippen LogP contribution in [0, 0.1) is 13.8 Å². The zero-order chi connectivity index (χ0) is 23.5. The minimum absolute atomic E-state index is 0.198. The Morgan fingerprint density at radius 1 is 1.06 bits per heavy atom. The average Bonchev–Trinajstić information content (AvgIpc) is 3.06. The van der Waals surface area contributed by atoms with E-state index in [4.69, 9.17) is 33.3 Å². The van der Waals surface area contributed by atoms with Gasteiger partial charge in [-0.3, -0.25) is 9.69 Å². The summed E-state index contributed by atoms with van der Waals surface area (Å²) in [5.74, 6) is 1.25. The van der Waals surface area contributed by atoms with Crippen LogP contribution in [0.4, 0.5) is 5.69 Å². The number of carbonyl (C=O) groups excluding carboxylic acids is 1. The maximum absolute atomic E-state index is 13.1. The van der Waals surface area contributed by atoms with Crippen LogP contribution in [0.2, 0.25) is 5.02 Å². The highest BCUT2D eigenvalue weighted by molar-refractivity contribution is 7.80. The van der Waals surface area contributed by atoms with Gasteiger partial charge in [0.05, 0.1) is 12.8 Å². The normalized spacial score (nSPS) is 14.5. The SMILES string of the molecule is COc1ccc(/C=C2/NC(=S)N(c3cccc(C)c3)C2=O)cc1COc1ccc(Cl)cc1C. The number of anilines is 1. The van der Waals surface area contributed by atoms with E-state index >= 15 is 0 Å². The fourth-order valence-electron chi connectivity index (χ4n) is 3.63. The first-order valence-corrected chi connectivity index (χ1v) is 11.1. The second kappa shape index (κ2) is 9.65. The van der Waals surface area contributed by atoms with Crippen LogP contribution >= 0.6 is 23.8 Å². The van der Waals surface area contributed by atoms with E-state index in [2.05, 4.69) is 5.32 Å². The lowest BCUT2D eigenvalue weighted by atomic mass is 10.1. The molecule has 0 aromatic heterocycles. The van der Waals surface area contributed by atoms with Crippen molar-refractivity contribution < 1.29 is 14.3 Å². The molecule has 1 fully saturated rings. The second-order valence-electron chi connectivity index (χ2n) is 7.74. The van der Waals surface area contributed by atoms with Crippen LogP contribution in [0.1, 0.15) is 22.3 Å². The molecule has 3 aromatic rings. The van der Waals surface area contributed by atoms with Gasteiger partial charge in [0.2, 0.25) is 0 Å². The Morgan fingerprint density at radius 2 is 1.85 bits per heavy atom. The van der Waals surface area contributed by atoms with Gasteiger partial charge >= 0.3 is 0 Å². The third kappa shape index (κ3) is 5.02. The number of amides is 1. The number of nitrogens with one attached hydrogen (secondary N) is 1. The third-order valence-electron chi connectivity index (χ3n) is 5.27. The number of rotatable bonds is 6. The molecule has 1 amide bonds. The van der Waals surface area contributed by atoms with Gasteiger partial charge in [-0.05, 0) is 91.3 Å². The van der Waals surface area contributed by atoms with Crippen molar-refractivity contribution in [1.29, 1.82) is 0 Å². The standard InChI is InChI=1S/C26H23ClN2O3S/c1-16-5-4-6-21(11-16)29-25(30)22(28-26(29)33)14-18-7-9-24(31-3)19(13-18)15-32-23-10-8-20(27)12-17(23)2/h4-14H,15H2,1-3H3,(H,28,33)/b22-14+. The fourth-order valence-corrected chi connectivity index (χ4v) is 4.16. The van der Waals surface area contributed by atoms with Crippen molar-refractivity contribution in [2.24, 2.45) is 0 Å². The molecule has 3 aromatic carbocycles. The van der Waals surface area contributed by atoms with E-state index in [9.17, 15) is 4.79 Å². The molecule has 168 valence electrons. The maximum Gasteiger partial charge on any atom is 0.281 e. The first-order chi connectivity index (χ1) is 15.9. The van der Waals surface area contributed by atoms with E-state index in [1.54, 1.807) is 19.3 Å². The van der Waals surface area contributed by atoms with E-state index in [1.165, 1.54) is 4.90 Å². The molecule has 1 aliphatic rings. The van der Waals surface area contributed by atoms with Gasteiger partial charge in [-0.25, -0.2) is 0 Å². The zero-order valence-corrected chi connectivity index (χ0v) is 20.1. The van der Waals surface area contributed by atoms with E-state index in [0.717, 1.165) is 33.7 Å². The summed E-state index contributed by atoms with van der Waals surface area (Å²) in [5, 5.41) is 4.05. The quantitative estimate of drug-likeness (QED) is 0.358. The lowest BCUT2D eigenvalue weighted by Crippen LogP contribution is -2.30. The number of hydrogen-bond donors (Lipinski definition) is 1. The Hall–Kier alpha value is -3.35. The van der Waals surface area contributed by atoms with Gasteiger partial charge in [0.25, 0.3) is 5.91 Å². The number of hydrogen-bond acceptors (Lipinski definition) is 4. The van der Waals surface area contributed by atoms with Gasteiger partial charge in [0, 0.05) is 10.6 Å². The number of carbonyl (C=O) groups is 1. The average molecular weight is 479 g/mol. The highest BCUT2D eigenvalue weighted by atomic mass is 35.5. The molecule has 0 radical (unpaired) electrons. The molecule has 0 aliphatic carbocycles. The molecule has 4 rings (SSSR count). The van der Waals surface area contributed by atoms with Gasteiger partial charge in [-0.1, -0.05) is 29.8 Å². The summed E-state index contributed by atoms with van der Waals surface area (Å²) in [6, 6.07) is 18.8. The fraction of sp³-hybridized carbons (Fsp3) is 0.154. The highest BCUT2D eigenvalue weighted by Crippen LogP contribution is 2.28. The van der Waals surface area contributed by atoms with Crippen molar-refractivity contribution in [1.82, 2.24) is 5.32 Å². The van der Waals surface area contributed by atoms with Crippen molar-refractivity contribution in [2.75, 3.05) is 12.0 Å². The van der Waals surface area contributed by atoms with E-state index in [-0.39, 0.29) is 5.91 Å². The molecule has 0 saturated carbocycles. The molecule has 0 atom stereocenters. The van der Waals surface area contributed by atoms with Crippen molar-refractivity contribution in [3.63, 3.8) is 0 Å². The lowest BCUT2D eigenvalue weighted by molar-refractivity contribution is -0.113. The number of halogens is 1. The molecule has 0 bridgehead atoms. The predicted octanol–water partition coefficient (Wildman–Crippen LogP) is 5.81. The third-order valence-corrected chi connectivity index (χ3v) is 5.79.